The standard InChI is InChI=1S/C16H20N4O4/c1-9(2)18-14(22)12(7-8-13(17)21)20-16-19-11-6-4-3-5-10(11)15(23)24-16/h3-6,9,12H,7-8H2,1-2H3,(H2,17,21)(H,18,22)(H,19,20)/t12-/m0/s1. The summed E-state index contributed by atoms with van der Waals surface area (Å²) in [5.41, 5.74) is 5.04. The number of carbonyl (C=O) groups excluding carboxylic acids is 2. The third kappa shape index (κ3) is 4.55. The van der Waals surface area contributed by atoms with Gasteiger partial charge in [-0.1, -0.05) is 12.1 Å². The van der Waals surface area contributed by atoms with Crippen LogP contribution in [0.25, 0.3) is 10.9 Å². The largest absolute Gasteiger partial charge is 0.389 e. The van der Waals surface area contributed by atoms with Gasteiger partial charge in [0, 0.05) is 12.5 Å². The van der Waals surface area contributed by atoms with E-state index < -0.39 is 17.6 Å². The number of hydrogen-bond donors (Lipinski definition) is 3. The number of nitrogens with zero attached hydrogens (tertiary/aromatic N) is 1. The Hall–Kier alpha value is -2.90. The van der Waals surface area contributed by atoms with Crippen molar-refractivity contribution in [3.63, 3.8) is 0 Å². The van der Waals surface area contributed by atoms with Gasteiger partial charge in [0.05, 0.1) is 10.9 Å². The Kier molecular flexibility index (Phi) is 5.51. The SMILES string of the molecule is CC(C)NC(=O)[C@H](CCC(N)=O)Nc1nc2ccccc2c(=O)o1. The minimum Gasteiger partial charge on any atom is -0.389 e. The summed E-state index contributed by atoms with van der Waals surface area (Å²) in [4.78, 5) is 39.4. The van der Waals surface area contributed by atoms with Crippen LogP contribution in [0.5, 0.6) is 0 Å². The predicted molar refractivity (Wildman–Crippen MR) is 89.4 cm³/mol. The highest BCUT2D eigenvalue weighted by Gasteiger charge is 2.21. The number of amides is 2. The lowest BCUT2D eigenvalue weighted by Crippen LogP contribution is -2.43. The number of fused-ring (bicyclic) bond motifs is 1. The van der Waals surface area contributed by atoms with Gasteiger partial charge in [0.15, 0.2) is 0 Å². The number of benzene rings is 1. The average Bonchev–Trinajstić information content (AvgIpc) is 2.50. The molecule has 24 heavy (non-hydrogen) atoms. The number of nitrogens with one attached hydrogen (secondary N) is 2. The van der Waals surface area contributed by atoms with Gasteiger partial charge in [0.2, 0.25) is 11.8 Å². The fourth-order valence-corrected chi connectivity index (χ4v) is 2.17. The minimum absolute atomic E-state index is 0.0149. The maximum Gasteiger partial charge on any atom is 0.348 e. The zero-order chi connectivity index (χ0) is 17.7. The fourth-order valence-electron chi connectivity index (χ4n) is 2.17. The maximum atomic E-state index is 12.2. The lowest BCUT2D eigenvalue weighted by Gasteiger charge is -2.19. The van der Waals surface area contributed by atoms with E-state index in [-0.39, 0.29) is 30.8 Å². The molecule has 0 aliphatic rings. The topological polar surface area (TPSA) is 127 Å². The van der Waals surface area contributed by atoms with Crippen LogP contribution < -0.4 is 22.0 Å². The second kappa shape index (κ2) is 7.58. The van der Waals surface area contributed by atoms with Crippen LogP contribution in [0.3, 0.4) is 0 Å². The second-order valence-electron chi connectivity index (χ2n) is 5.69. The smallest absolute Gasteiger partial charge is 0.348 e. The van der Waals surface area contributed by atoms with Crippen molar-refractivity contribution in [3.8, 4) is 0 Å². The molecule has 128 valence electrons. The van der Waals surface area contributed by atoms with Crippen molar-refractivity contribution in [2.75, 3.05) is 5.32 Å². The summed E-state index contributed by atoms with van der Waals surface area (Å²) in [6.45, 7) is 3.63. The molecule has 8 heteroatoms. The van der Waals surface area contributed by atoms with Crippen molar-refractivity contribution < 1.29 is 14.0 Å². The van der Waals surface area contributed by atoms with Crippen molar-refractivity contribution in [2.45, 2.75) is 38.8 Å². The molecule has 1 aromatic heterocycles. The summed E-state index contributed by atoms with van der Waals surface area (Å²) < 4.78 is 5.11. The first-order chi connectivity index (χ1) is 11.4. The third-order valence-electron chi connectivity index (χ3n) is 3.26. The molecule has 8 nitrogen and oxygen atoms in total. The maximum absolute atomic E-state index is 12.2. The number of primary amides is 1. The van der Waals surface area contributed by atoms with Crippen LogP contribution >= 0.6 is 0 Å². The summed E-state index contributed by atoms with van der Waals surface area (Å²) in [5.74, 6) is -0.851. The minimum atomic E-state index is -0.795. The van der Waals surface area contributed by atoms with Gasteiger partial charge in [-0.25, -0.2) is 4.79 Å². The van der Waals surface area contributed by atoms with Crippen LogP contribution in [-0.2, 0) is 9.59 Å². The molecule has 2 aromatic rings. The zero-order valence-electron chi connectivity index (χ0n) is 13.5. The molecule has 1 atom stereocenters. The highest BCUT2D eigenvalue weighted by molar-refractivity contribution is 5.85. The summed E-state index contributed by atoms with van der Waals surface area (Å²) in [5, 5.41) is 5.86. The number of aromatic nitrogens is 1. The molecular formula is C16H20N4O4. The fraction of sp³-hybridized carbons (Fsp3) is 0.375. The van der Waals surface area contributed by atoms with Crippen LogP contribution in [0.1, 0.15) is 26.7 Å². The molecule has 0 radical (unpaired) electrons. The van der Waals surface area contributed by atoms with Crippen molar-refractivity contribution >= 4 is 28.7 Å². The number of hydrogen-bond acceptors (Lipinski definition) is 6. The Morgan fingerprint density at radius 1 is 1.29 bits per heavy atom. The van der Waals surface area contributed by atoms with Crippen LogP contribution in [0, 0.1) is 0 Å². The second-order valence-corrected chi connectivity index (χ2v) is 5.69. The lowest BCUT2D eigenvalue weighted by molar-refractivity contribution is -0.122. The zero-order valence-corrected chi connectivity index (χ0v) is 13.5. The number of nitrogens with two attached hydrogens (primary N) is 1. The van der Waals surface area contributed by atoms with Gasteiger partial charge >= 0.3 is 5.63 Å². The number of anilines is 1. The van der Waals surface area contributed by atoms with Gasteiger partial charge in [-0.3, -0.25) is 9.59 Å². The first kappa shape index (κ1) is 17.5. The number of rotatable bonds is 7. The van der Waals surface area contributed by atoms with E-state index in [1.165, 1.54) is 0 Å². The van der Waals surface area contributed by atoms with Gasteiger partial charge in [-0.15, -0.1) is 0 Å². The van der Waals surface area contributed by atoms with E-state index in [2.05, 4.69) is 15.6 Å². The molecule has 0 fully saturated rings. The van der Waals surface area contributed by atoms with E-state index in [0.717, 1.165) is 0 Å². The molecule has 1 aromatic carbocycles. The van der Waals surface area contributed by atoms with E-state index in [9.17, 15) is 14.4 Å². The van der Waals surface area contributed by atoms with Gasteiger partial charge in [-0.05, 0) is 32.4 Å². The van der Waals surface area contributed by atoms with Crippen LogP contribution in [0.2, 0.25) is 0 Å². The molecule has 0 spiro atoms. The van der Waals surface area contributed by atoms with Gasteiger partial charge in [0.1, 0.15) is 6.04 Å². The molecule has 0 bridgehead atoms. The van der Waals surface area contributed by atoms with Crippen molar-refractivity contribution in [2.24, 2.45) is 5.73 Å². The molecular weight excluding hydrogens is 312 g/mol. The molecule has 0 saturated heterocycles. The molecule has 2 amide bonds. The Morgan fingerprint density at radius 2 is 2.00 bits per heavy atom. The normalized spacial score (nSPS) is 12.1. The molecule has 0 saturated carbocycles. The van der Waals surface area contributed by atoms with Gasteiger partial charge in [0.25, 0.3) is 6.01 Å². The molecule has 0 aliphatic heterocycles. The molecule has 0 aliphatic carbocycles. The van der Waals surface area contributed by atoms with Gasteiger partial charge in [-0.2, -0.15) is 4.98 Å². The quantitative estimate of drug-likeness (QED) is 0.687. The van der Waals surface area contributed by atoms with Crippen molar-refractivity contribution in [1.82, 2.24) is 10.3 Å². The highest BCUT2D eigenvalue weighted by Crippen LogP contribution is 2.12. The number of para-hydroxylation sites is 1. The molecule has 4 N–H and O–H groups in total. The highest BCUT2D eigenvalue weighted by atomic mass is 16.4. The molecule has 2 rings (SSSR count). The third-order valence-corrected chi connectivity index (χ3v) is 3.26. The average molecular weight is 332 g/mol. The van der Waals surface area contributed by atoms with E-state index in [1.807, 2.05) is 13.8 Å². The van der Waals surface area contributed by atoms with Gasteiger partial charge < -0.3 is 20.8 Å². The molecule has 0 unspecified atom stereocenters. The van der Waals surface area contributed by atoms with E-state index in [1.54, 1.807) is 24.3 Å². The predicted octanol–water partition coefficient (Wildman–Crippen LogP) is 0.759. The van der Waals surface area contributed by atoms with Crippen LogP contribution in [0.4, 0.5) is 6.01 Å². The monoisotopic (exact) mass is 332 g/mol. The summed E-state index contributed by atoms with van der Waals surface area (Å²) >= 11 is 0. The van der Waals surface area contributed by atoms with E-state index >= 15 is 0 Å². The first-order valence-electron chi connectivity index (χ1n) is 7.62. The lowest BCUT2D eigenvalue weighted by atomic mass is 10.1. The Morgan fingerprint density at radius 3 is 2.67 bits per heavy atom. The van der Waals surface area contributed by atoms with Crippen molar-refractivity contribution in [1.29, 1.82) is 0 Å². The summed E-state index contributed by atoms with van der Waals surface area (Å²) in [6.07, 6.45) is 0.174. The summed E-state index contributed by atoms with van der Waals surface area (Å²) in [6, 6.07) is 5.78. The van der Waals surface area contributed by atoms with E-state index in [4.69, 9.17) is 10.2 Å². The first-order valence-corrected chi connectivity index (χ1v) is 7.62. The van der Waals surface area contributed by atoms with Crippen LogP contribution in [0.15, 0.2) is 33.5 Å². The Balaban J connectivity index is 2.26. The van der Waals surface area contributed by atoms with Crippen molar-refractivity contribution in [3.05, 3.63) is 34.7 Å². The number of carbonyl (C=O) groups is 2. The summed E-state index contributed by atoms with van der Waals surface area (Å²) in [7, 11) is 0. The van der Waals surface area contributed by atoms with E-state index in [0.29, 0.717) is 10.9 Å². The Labute approximate surface area is 138 Å². The Bertz CT molecular complexity index is 800. The van der Waals surface area contributed by atoms with Crippen LogP contribution in [-0.4, -0.2) is 28.9 Å². The molecule has 1 heterocycles.